The molecule has 0 saturated carbocycles. The third-order valence-electron chi connectivity index (χ3n) is 4.62. The maximum Gasteiger partial charge on any atom is 0.279 e. The Kier molecular flexibility index (Phi) is 6.83. The predicted octanol–water partition coefficient (Wildman–Crippen LogP) is 6.13. The van der Waals surface area contributed by atoms with Gasteiger partial charge in [0.05, 0.1) is 16.6 Å². The van der Waals surface area contributed by atoms with Gasteiger partial charge in [0.1, 0.15) is 18.1 Å². The van der Waals surface area contributed by atoms with Crippen LogP contribution in [0.25, 0.3) is 0 Å². The highest BCUT2D eigenvalue weighted by atomic mass is 79.9. The van der Waals surface area contributed by atoms with E-state index in [0.29, 0.717) is 44.0 Å². The molecular weight excluding hydrogens is 519 g/mol. The van der Waals surface area contributed by atoms with Gasteiger partial charge in [-0.15, -0.1) is 0 Å². The minimum atomic E-state index is -0.463. The average Bonchev–Trinajstić information content (AvgIpc) is 3.30. The first kappa shape index (κ1) is 22.4. The van der Waals surface area contributed by atoms with Crippen LogP contribution in [0.15, 0.2) is 63.7 Å². The number of nitrogens with zero attached hydrogens (tertiary/aromatic N) is 3. The summed E-state index contributed by atoms with van der Waals surface area (Å²) in [6.07, 6.45) is 1.76. The lowest BCUT2D eigenvalue weighted by atomic mass is 10.2. The van der Waals surface area contributed by atoms with Crippen molar-refractivity contribution in [2.45, 2.75) is 20.1 Å². The third-order valence-corrected chi connectivity index (χ3v) is 5.80. The summed E-state index contributed by atoms with van der Waals surface area (Å²) in [7, 11) is 0. The summed E-state index contributed by atoms with van der Waals surface area (Å²) < 4.78 is 13.3. The van der Waals surface area contributed by atoms with E-state index in [1.54, 1.807) is 42.1 Å². The Morgan fingerprint density at radius 1 is 1.22 bits per heavy atom. The molecule has 0 unspecified atom stereocenters. The Bertz CT molecular complexity index is 1270. The topological polar surface area (TPSA) is 82.2 Å². The van der Waals surface area contributed by atoms with Crippen LogP contribution in [0.3, 0.4) is 0 Å². The van der Waals surface area contributed by atoms with Crippen molar-refractivity contribution in [3.63, 3.8) is 0 Å². The van der Waals surface area contributed by atoms with Crippen molar-refractivity contribution in [1.29, 1.82) is 0 Å². The van der Waals surface area contributed by atoms with E-state index in [0.717, 1.165) is 5.56 Å². The molecule has 0 radical (unpaired) electrons. The molecule has 164 valence electrons. The van der Waals surface area contributed by atoms with E-state index < -0.39 is 5.91 Å². The number of ether oxygens (including phenoxy) is 1. The largest absolute Gasteiger partial charge is 0.489 e. The normalized spacial score (nSPS) is 10.9. The molecule has 0 bridgehead atoms. The highest BCUT2D eigenvalue weighted by Crippen LogP contribution is 2.25. The molecule has 7 nitrogen and oxygen atoms in total. The highest BCUT2D eigenvalue weighted by molar-refractivity contribution is 9.10. The maximum absolute atomic E-state index is 12.9. The smallest absolute Gasteiger partial charge is 0.279 e. The van der Waals surface area contributed by atoms with E-state index in [2.05, 4.69) is 31.5 Å². The van der Waals surface area contributed by atoms with Crippen molar-refractivity contribution >= 4 is 50.9 Å². The van der Waals surface area contributed by atoms with E-state index in [1.807, 2.05) is 24.3 Å². The van der Waals surface area contributed by atoms with Gasteiger partial charge in [-0.25, -0.2) is 0 Å². The van der Waals surface area contributed by atoms with Crippen LogP contribution in [-0.4, -0.2) is 20.8 Å². The van der Waals surface area contributed by atoms with Gasteiger partial charge >= 0.3 is 0 Å². The SMILES string of the molecule is Cc1onc(C(=O)Nc2nn(Cc3ccccc3Cl)cc2Br)c1COc1cccc(Cl)c1. The quantitative estimate of drug-likeness (QED) is 0.308. The van der Waals surface area contributed by atoms with Gasteiger partial charge in [-0.3, -0.25) is 9.48 Å². The van der Waals surface area contributed by atoms with E-state index in [-0.39, 0.29) is 12.3 Å². The maximum atomic E-state index is 12.9. The molecule has 0 aliphatic carbocycles. The van der Waals surface area contributed by atoms with Crippen LogP contribution in [0.1, 0.15) is 27.4 Å². The van der Waals surface area contributed by atoms with Crippen molar-refractivity contribution < 1.29 is 14.1 Å². The first-order valence-corrected chi connectivity index (χ1v) is 11.1. The number of nitrogens with one attached hydrogen (secondary N) is 1. The second kappa shape index (κ2) is 9.77. The standard InChI is InChI=1S/C22H17BrCl2N4O3/c1-13-17(12-31-16-7-4-6-15(24)9-16)20(28-32-13)22(30)26-21-18(23)11-29(27-21)10-14-5-2-3-8-19(14)25/h2-9,11H,10,12H2,1H3,(H,26,27,30). The first-order chi connectivity index (χ1) is 15.4. The van der Waals surface area contributed by atoms with E-state index in [1.165, 1.54) is 0 Å². The summed E-state index contributed by atoms with van der Waals surface area (Å²) >= 11 is 15.6. The van der Waals surface area contributed by atoms with E-state index >= 15 is 0 Å². The fourth-order valence-electron chi connectivity index (χ4n) is 2.98. The molecule has 10 heteroatoms. The first-order valence-electron chi connectivity index (χ1n) is 9.52. The lowest BCUT2D eigenvalue weighted by Crippen LogP contribution is -2.16. The number of hydrogen-bond donors (Lipinski definition) is 1. The number of aromatic nitrogens is 3. The summed E-state index contributed by atoms with van der Waals surface area (Å²) in [5.41, 5.74) is 1.57. The van der Waals surface area contributed by atoms with Crippen LogP contribution in [-0.2, 0) is 13.2 Å². The van der Waals surface area contributed by atoms with Crippen LogP contribution >= 0.6 is 39.1 Å². The molecule has 0 atom stereocenters. The van der Waals surface area contributed by atoms with Gasteiger partial charge in [-0.1, -0.05) is 52.6 Å². The summed E-state index contributed by atoms with van der Waals surface area (Å²) in [5.74, 6) is 0.950. The van der Waals surface area contributed by atoms with Crippen molar-refractivity contribution in [2.75, 3.05) is 5.32 Å². The lowest BCUT2D eigenvalue weighted by molar-refractivity contribution is 0.101. The number of anilines is 1. The second-order valence-electron chi connectivity index (χ2n) is 6.88. The number of benzene rings is 2. The Balaban J connectivity index is 1.48. The number of carbonyl (C=O) groups excluding carboxylic acids is 1. The van der Waals surface area contributed by atoms with Gasteiger partial charge in [0.15, 0.2) is 11.5 Å². The zero-order chi connectivity index (χ0) is 22.7. The van der Waals surface area contributed by atoms with Crippen molar-refractivity contribution in [3.05, 3.63) is 91.8 Å². The van der Waals surface area contributed by atoms with Gasteiger partial charge < -0.3 is 14.6 Å². The summed E-state index contributed by atoms with van der Waals surface area (Å²) in [4.78, 5) is 12.9. The molecule has 2 aromatic heterocycles. The molecule has 1 amide bonds. The van der Waals surface area contributed by atoms with Crippen LogP contribution in [0, 0.1) is 6.92 Å². The van der Waals surface area contributed by atoms with Crippen molar-refractivity contribution in [1.82, 2.24) is 14.9 Å². The Morgan fingerprint density at radius 3 is 2.81 bits per heavy atom. The fourth-order valence-corrected chi connectivity index (χ4v) is 3.77. The molecule has 2 heterocycles. The van der Waals surface area contributed by atoms with E-state index in [9.17, 15) is 4.79 Å². The molecule has 32 heavy (non-hydrogen) atoms. The minimum Gasteiger partial charge on any atom is -0.489 e. The molecule has 2 aromatic carbocycles. The number of hydrogen-bond acceptors (Lipinski definition) is 5. The summed E-state index contributed by atoms with van der Waals surface area (Å²) in [5, 5.41) is 12.3. The van der Waals surface area contributed by atoms with Gasteiger partial charge in [0, 0.05) is 16.2 Å². The molecule has 1 N–H and O–H groups in total. The van der Waals surface area contributed by atoms with Crippen LogP contribution in [0.2, 0.25) is 10.0 Å². The molecule has 0 saturated heterocycles. The van der Waals surface area contributed by atoms with Gasteiger partial charge in [0.2, 0.25) is 0 Å². The predicted molar refractivity (Wildman–Crippen MR) is 125 cm³/mol. The number of carbonyl (C=O) groups is 1. The molecule has 0 fully saturated rings. The fraction of sp³-hybridized carbons (Fsp3) is 0.136. The number of rotatable bonds is 7. The number of halogens is 3. The zero-order valence-electron chi connectivity index (χ0n) is 16.8. The molecule has 0 aliphatic heterocycles. The summed E-state index contributed by atoms with van der Waals surface area (Å²) in [6, 6.07) is 14.5. The van der Waals surface area contributed by atoms with Crippen molar-refractivity contribution in [3.8, 4) is 5.75 Å². The van der Waals surface area contributed by atoms with E-state index in [4.69, 9.17) is 32.5 Å². The Morgan fingerprint density at radius 2 is 2.03 bits per heavy atom. The molecule has 4 rings (SSSR count). The average molecular weight is 536 g/mol. The van der Waals surface area contributed by atoms with Gasteiger partial charge in [0.25, 0.3) is 5.91 Å². The second-order valence-corrected chi connectivity index (χ2v) is 8.58. The number of aryl methyl sites for hydroxylation is 1. The number of amides is 1. The minimum absolute atomic E-state index is 0.0978. The molecule has 0 spiro atoms. The molecule has 4 aromatic rings. The highest BCUT2D eigenvalue weighted by Gasteiger charge is 2.22. The van der Waals surface area contributed by atoms with Crippen molar-refractivity contribution in [2.24, 2.45) is 0 Å². The zero-order valence-corrected chi connectivity index (χ0v) is 19.9. The van der Waals surface area contributed by atoms with Crippen LogP contribution < -0.4 is 10.1 Å². The molecule has 0 aliphatic rings. The third kappa shape index (κ3) is 5.15. The molecular formula is C22H17BrCl2N4O3. The summed E-state index contributed by atoms with van der Waals surface area (Å²) in [6.45, 7) is 2.27. The van der Waals surface area contributed by atoms with Gasteiger partial charge in [-0.2, -0.15) is 5.10 Å². The van der Waals surface area contributed by atoms with Gasteiger partial charge in [-0.05, 0) is 52.7 Å². The lowest BCUT2D eigenvalue weighted by Gasteiger charge is -2.07. The Hall–Kier alpha value is -2.81. The Labute approximate surface area is 202 Å². The van der Waals surface area contributed by atoms with Crippen LogP contribution in [0.5, 0.6) is 5.75 Å². The monoisotopic (exact) mass is 534 g/mol. The van der Waals surface area contributed by atoms with Crippen LogP contribution in [0.4, 0.5) is 5.82 Å².